The molecule has 3 rings (SSSR count). The van der Waals surface area contributed by atoms with E-state index in [9.17, 15) is 8.78 Å². The van der Waals surface area contributed by atoms with Crippen molar-refractivity contribution in [1.82, 2.24) is 4.98 Å². The number of halogens is 2. The first-order chi connectivity index (χ1) is 11.6. The Hall–Kier alpha value is -2.11. The molecular formula is C19H19F2NO2. The Morgan fingerprint density at radius 2 is 1.83 bits per heavy atom. The maximum absolute atomic E-state index is 12.8. The van der Waals surface area contributed by atoms with E-state index in [1.807, 2.05) is 42.6 Å². The normalized spacial score (nSPS) is 17.6. The van der Waals surface area contributed by atoms with Crippen LogP contribution in [0.15, 0.2) is 55.3 Å². The van der Waals surface area contributed by atoms with Crippen LogP contribution in [0, 0.1) is 0 Å². The molecule has 2 heterocycles. The molecule has 1 fully saturated rings. The van der Waals surface area contributed by atoms with Crippen molar-refractivity contribution in [3.63, 3.8) is 0 Å². The third-order valence-corrected chi connectivity index (χ3v) is 4.04. The lowest BCUT2D eigenvalue weighted by atomic mass is 9.98. The molecule has 1 aromatic carbocycles. The highest BCUT2D eigenvalue weighted by Crippen LogP contribution is 2.30. The topological polar surface area (TPSA) is 31.4 Å². The van der Waals surface area contributed by atoms with Crippen LogP contribution < -0.4 is 0 Å². The Morgan fingerprint density at radius 1 is 1.12 bits per heavy atom. The van der Waals surface area contributed by atoms with E-state index in [4.69, 9.17) is 0 Å². The van der Waals surface area contributed by atoms with E-state index in [1.165, 1.54) is 5.56 Å². The van der Waals surface area contributed by atoms with E-state index in [2.05, 4.69) is 27.1 Å². The maximum atomic E-state index is 12.8. The highest BCUT2D eigenvalue weighted by molar-refractivity contribution is 5.59. The molecule has 1 aliphatic heterocycles. The first-order valence-electron chi connectivity index (χ1n) is 7.89. The summed E-state index contributed by atoms with van der Waals surface area (Å²) in [6, 6.07) is 11.7. The fourth-order valence-electron chi connectivity index (χ4n) is 2.62. The van der Waals surface area contributed by atoms with Crippen molar-refractivity contribution in [3.05, 3.63) is 66.4 Å². The van der Waals surface area contributed by atoms with Gasteiger partial charge >= 0.3 is 6.29 Å². The summed E-state index contributed by atoms with van der Waals surface area (Å²) >= 11 is 0. The molecule has 1 saturated heterocycles. The minimum absolute atomic E-state index is 0.0530. The van der Waals surface area contributed by atoms with Crippen molar-refractivity contribution in [2.75, 3.05) is 13.2 Å². The molecule has 0 radical (unpaired) electrons. The third-order valence-electron chi connectivity index (χ3n) is 4.04. The van der Waals surface area contributed by atoms with Gasteiger partial charge in [-0.1, -0.05) is 36.4 Å². The van der Waals surface area contributed by atoms with Gasteiger partial charge in [0.05, 0.1) is 18.9 Å². The lowest BCUT2D eigenvalue weighted by Gasteiger charge is -2.28. The molecule has 0 unspecified atom stereocenters. The van der Waals surface area contributed by atoms with Gasteiger partial charge in [-0.05, 0) is 30.0 Å². The first-order valence-corrected chi connectivity index (χ1v) is 7.89. The molecule has 0 aliphatic carbocycles. The molecular weight excluding hydrogens is 312 g/mol. The van der Waals surface area contributed by atoms with Crippen LogP contribution >= 0.6 is 0 Å². The minimum atomic E-state index is -3.46. The van der Waals surface area contributed by atoms with Crippen molar-refractivity contribution in [1.29, 1.82) is 0 Å². The monoisotopic (exact) mass is 331 g/mol. The van der Waals surface area contributed by atoms with Crippen molar-refractivity contribution < 1.29 is 18.3 Å². The molecule has 24 heavy (non-hydrogen) atoms. The van der Waals surface area contributed by atoms with Crippen LogP contribution in [-0.4, -0.2) is 24.5 Å². The van der Waals surface area contributed by atoms with E-state index in [0.29, 0.717) is 0 Å². The number of hydrogen-bond donors (Lipinski definition) is 0. The SMILES string of the molecule is C=CCCc1ccc(-c2ccc(C3COC(F)(F)OC3)cc2)nc1. The van der Waals surface area contributed by atoms with E-state index in [0.717, 1.165) is 29.7 Å². The second kappa shape index (κ2) is 7.20. The fraction of sp³-hybridized carbons (Fsp3) is 0.316. The molecule has 5 heteroatoms. The third kappa shape index (κ3) is 4.04. The Labute approximate surface area is 139 Å². The predicted molar refractivity (Wildman–Crippen MR) is 87.8 cm³/mol. The summed E-state index contributed by atoms with van der Waals surface area (Å²) < 4.78 is 34.5. The van der Waals surface area contributed by atoms with Crippen molar-refractivity contribution >= 4 is 0 Å². The van der Waals surface area contributed by atoms with Gasteiger partial charge in [-0.3, -0.25) is 14.5 Å². The van der Waals surface area contributed by atoms with Crippen LogP contribution in [0.3, 0.4) is 0 Å². The average Bonchev–Trinajstić information content (AvgIpc) is 2.61. The Kier molecular flexibility index (Phi) is 5.02. The quantitative estimate of drug-likeness (QED) is 0.753. The zero-order valence-electron chi connectivity index (χ0n) is 13.3. The summed E-state index contributed by atoms with van der Waals surface area (Å²) in [6.45, 7) is 3.61. The summed E-state index contributed by atoms with van der Waals surface area (Å²) in [4.78, 5) is 4.48. The second-order valence-electron chi connectivity index (χ2n) is 5.78. The van der Waals surface area contributed by atoms with Gasteiger partial charge in [0.25, 0.3) is 0 Å². The molecule has 0 saturated carbocycles. The number of aryl methyl sites for hydroxylation is 1. The number of benzene rings is 1. The summed E-state index contributed by atoms with van der Waals surface area (Å²) in [5, 5.41) is 0. The van der Waals surface area contributed by atoms with E-state index in [1.54, 1.807) is 0 Å². The predicted octanol–water partition coefficient (Wildman–Crippen LogP) is 4.55. The van der Waals surface area contributed by atoms with Crippen LogP contribution in [0.2, 0.25) is 0 Å². The van der Waals surface area contributed by atoms with Gasteiger partial charge < -0.3 is 0 Å². The Balaban J connectivity index is 1.67. The first kappa shape index (κ1) is 16.7. The molecule has 3 nitrogen and oxygen atoms in total. The standard InChI is InChI=1S/C19H19F2NO2/c1-2-3-4-14-5-10-18(22-11-14)16-8-6-15(7-9-16)17-12-23-19(20,21)24-13-17/h2,5-11,17H,1,3-4,12-13H2. The van der Waals surface area contributed by atoms with Gasteiger partial charge in [-0.25, -0.2) is 0 Å². The molecule has 126 valence electrons. The summed E-state index contributed by atoms with van der Waals surface area (Å²) in [5.74, 6) is -0.187. The highest BCUT2D eigenvalue weighted by Gasteiger charge is 2.38. The van der Waals surface area contributed by atoms with Gasteiger partial charge in [0, 0.05) is 17.7 Å². The molecule has 0 atom stereocenters. The van der Waals surface area contributed by atoms with Crippen LogP contribution in [0.5, 0.6) is 0 Å². The van der Waals surface area contributed by atoms with Crippen LogP contribution in [0.25, 0.3) is 11.3 Å². The number of alkyl halides is 2. The minimum Gasteiger partial charge on any atom is -0.295 e. The molecule has 0 N–H and O–H groups in total. The van der Waals surface area contributed by atoms with E-state index < -0.39 is 6.29 Å². The summed E-state index contributed by atoms with van der Waals surface area (Å²) in [7, 11) is 0. The maximum Gasteiger partial charge on any atom is 0.485 e. The molecule has 0 bridgehead atoms. The summed E-state index contributed by atoms with van der Waals surface area (Å²) in [5.41, 5.74) is 3.95. The second-order valence-corrected chi connectivity index (χ2v) is 5.78. The number of aromatic nitrogens is 1. The van der Waals surface area contributed by atoms with Gasteiger partial charge in [-0.2, -0.15) is 0 Å². The largest absolute Gasteiger partial charge is 0.485 e. The zero-order chi connectivity index (χ0) is 17.0. The van der Waals surface area contributed by atoms with Gasteiger partial charge in [-0.15, -0.1) is 15.4 Å². The number of allylic oxidation sites excluding steroid dienone is 1. The van der Waals surface area contributed by atoms with Gasteiger partial charge in [0.2, 0.25) is 0 Å². The lowest BCUT2D eigenvalue weighted by Crippen LogP contribution is -2.36. The fourth-order valence-corrected chi connectivity index (χ4v) is 2.62. The van der Waals surface area contributed by atoms with Crippen molar-refractivity contribution in [3.8, 4) is 11.3 Å². The number of hydrogen-bond acceptors (Lipinski definition) is 3. The van der Waals surface area contributed by atoms with Crippen LogP contribution in [0.1, 0.15) is 23.5 Å². The van der Waals surface area contributed by atoms with E-state index in [-0.39, 0.29) is 19.1 Å². The van der Waals surface area contributed by atoms with Gasteiger partial charge in [0.15, 0.2) is 0 Å². The Morgan fingerprint density at radius 3 is 2.42 bits per heavy atom. The number of nitrogens with zero attached hydrogens (tertiary/aromatic N) is 1. The molecule has 0 amide bonds. The van der Waals surface area contributed by atoms with Crippen LogP contribution in [0.4, 0.5) is 8.78 Å². The molecule has 0 spiro atoms. The Bertz CT molecular complexity index is 674. The number of ether oxygens (including phenoxy) is 2. The van der Waals surface area contributed by atoms with Crippen molar-refractivity contribution in [2.24, 2.45) is 0 Å². The number of pyridine rings is 1. The molecule has 2 aromatic rings. The van der Waals surface area contributed by atoms with Gasteiger partial charge in [0.1, 0.15) is 0 Å². The van der Waals surface area contributed by atoms with E-state index >= 15 is 0 Å². The highest BCUT2D eigenvalue weighted by atomic mass is 19.3. The summed E-state index contributed by atoms with van der Waals surface area (Å²) in [6.07, 6.45) is 2.16. The van der Waals surface area contributed by atoms with Crippen molar-refractivity contribution in [2.45, 2.75) is 25.1 Å². The average molecular weight is 331 g/mol. The number of rotatable bonds is 5. The van der Waals surface area contributed by atoms with Crippen LogP contribution in [-0.2, 0) is 15.9 Å². The molecule has 1 aliphatic rings. The smallest absolute Gasteiger partial charge is 0.295 e. The molecule has 1 aromatic heterocycles. The lowest BCUT2D eigenvalue weighted by molar-refractivity contribution is -0.414. The zero-order valence-corrected chi connectivity index (χ0v) is 13.3.